The van der Waals surface area contributed by atoms with Gasteiger partial charge in [-0.3, -0.25) is 4.98 Å². The fraction of sp³-hybridized carbons (Fsp3) is 0.0588. The third kappa shape index (κ3) is 3.65. The Morgan fingerprint density at radius 2 is 1.80 bits per heavy atom. The van der Waals surface area contributed by atoms with E-state index in [0.29, 0.717) is 5.57 Å². The van der Waals surface area contributed by atoms with Crippen molar-refractivity contribution in [3.8, 4) is 0 Å². The number of allylic oxidation sites excluding steroid dienone is 2. The number of methoxy groups -OCH3 is 1. The maximum atomic E-state index is 11.8. The molecule has 0 saturated carbocycles. The van der Waals surface area contributed by atoms with Gasteiger partial charge in [-0.05, 0) is 29.3 Å². The molecule has 0 unspecified atom stereocenters. The monoisotopic (exact) mass is 265 g/mol. The molecule has 3 nitrogen and oxygen atoms in total. The molecule has 20 heavy (non-hydrogen) atoms. The molecule has 0 aliphatic rings. The van der Waals surface area contributed by atoms with Gasteiger partial charge in [0.2, 0.25) is 0 Å². The average molecular weight is 265 g/mol. The number of carbonyl (C=O) groups is 1. The first-order chi connectivity index (χ1) is 9.81. The van der Waals surface area contributed by atoms with Crippen LogP contribution < -0.4 is 0 Å². The lowest BCUT2D eigenvalue weighted by molar-refractivity contribution is -0.133. The number of ether oxygens (including phenoxy) is 1. The summed E-state index contributed by atoms with van der Waals surface area (Å²) in [5, 5.41) is 0. The second-order valence-corrected chi connectivity index (χ2v) is 4.08. The van der Waals surface area contributed by atoms with E-state index >= 15 is 0 Å². The van der Waals surface area contributed by atoms with Crippen LogP contribution in [0.2, 0.25) is 0 Å². The molecule has 1 heterocycles. The number of hydrogen-bond acceptors (Lipinski definition) is 3. The largest absolute Gasteiger partial charge is 0.465 e. The molecule has 0 N–H and O–H groups in total. The van der Waals surface area contributed by atoms with Gasteiger partial charge in [-0.2, -0.15) is 0 Å². The average Bonchev–Trinajstić information content (AvgIpc) is 2.53. The molecule has 3 heteroatoms. The highest BCUT2D eigenvalue weighted by molar-refractivity contribution is 6.16. The molecule has 0 atom stereocenters. The number of rotatable bonds is 4. The zero-order valence-electron chi connectivity index (χ0n) is 11.2. The molecular weight excluding hydrogens is 250 g/mol. The summed E-state index contributed by atoms with van der Waals surface area (Å²) in [5.74, 6) is -0.367. The van der Waals surface area contributed by atoms with Crippen LogP contribution in [0.1, 0.15) is 11.1 Å². The van der Waals surface area contributed by atoms with Crippen molar-refractivity contribution in [2.24, 2.45) is 0 Å². The van der Waals surface area contributed by atoms with Gasteiger partial charge in [0.15, 0.2) is 0 Å². The SMILES string of the molecule is COC(=O)/C(=C/C=C\c1ccccc1)c1ccncc1. The summed E-state index contributed by atoms with van der Waals surface area (Å²) >= 11 is 0. The van der Waals surface area contributed by atoms with Crippen molar-refractivity contribution in [2.45, 2.75) is 0 Å². The topological polar surface area (TPSA) is 39.2 Å². The lowest BCUT2D eigenvalue weighted by Gasteiger charge is -2.03. The Morgan fingerprint density at radius 3 is 2.45 bits per heavy atom. The number of nitrogens with zero attached hydrogens (tertiary/aromatic N) is 1. The molecule has 1 aromatic carbocycles. The second kappa shape index (κ2) is 7.04. The van der Waals surface area contributed by atoms with E-state index in [0.717, 1.165) is 11.1 Å². The Bertz CT molecular complexity index is 616. The number of pyridine rings is 1. The maximum absolute atomic E-state index is 11.8. The third-order valence-corrected chi connectivity index (χ3v) is 2.75. The van der Waals surface area contributed by atoms with Gasteiger partial charge >= 0.3 is 5.97 Å². The molecule has 0 saturated heterocycles. The lowest BCUT2D eigenvalue weighted by Crippen LogP contribution is -2.03. The molecular formula is C17H15NO2. The Kier molecular flexibility index (Phi) is 4.84. The predicted octanol–water partition coefficient (Wildman–Crippen LogP) is 3.35. The Labute approximate surface area is 118 Å². The highest BCUT2D eigenvalue weighted by Crippen LogP contribution is 2.15. The minimum absolute atomic E-state index is 0.367. The summed E-state index contributed by atoms with van der Waals surface area (Å²) < 4.78 is 4.81. The first-order valence-electron chi connectivity index (χ1n) is 6.23. The van der Waals surface area contributed by atoms with Crippen LogP contribution in [0.25, 0.3) is 11.6 Å². The molecule has 0 aliphatic heterocycles. The van der Waals surface area contributed by atoms with Gasteiger partial charge in [-0.1, -0.05) is 42.5 Å². The standard InChI is InChI=1S/C17H15NO2/c1-20-17(19)16(15-10-12-18-13-11-15)9-5-8-14-6-3-2-4-7-14/h2-13H,1H3/b8-5-,16-9+. The van der Waals surface area contributed by atoms with Gasteiger partial charge in [0.05, 0.1) is 12.7 Å². The van der Waals surface area contributed by atoms with E-state index in [1.54, 1.807) is 30.6 Å². The Balaban J connectivity index is 2.26. The van der Waals surface area contributed by atoms with Crippen molar-refractivity contribution in [2.75, 3.05) is 7.11 Å². The first-order valence-corrected chi connectivity index (χ1v) is 6.23. The van der Waals surface area contributed by atoms with Crippen molar-refractivity contribution in [1.29, 1.82) is 0 Å². The smallest absolute Gasteiger partial charge is 0.338 e. The van der Waals surface area contributed by atoms with Crippen molar-refractivity contribution in [1.82, 2.24) is 4.98 Å². The van der Waals surface area contributed by atoms with E-state index in [1.165, 1.54) is 7.11 Å². The Morgan fingerprint density at radius 1 is 1.10 bits per heavy atom. The summed E-state index contributed by atoms with van der Waals surface area (Å²) in [4.78, 5) is 15.8. The van der Waals surface area contributed by atoms with Crippen LogP contribution in [0, 0.1) is 0 Å². The molecule has 2 rings (SSSR count). The van der Waals surface area contributed by atoms with Crippen molar-refractivity contribution in [3.63, 3.8) is 0 Å². The molecule has 1 aromatic heterocycles. The molecule has 2 aromatic rings. The zero-order chi connectivity index (χ0) is 14.2. The molecule has 100 valence electrons. The van der Waals surface area contributed by atoms with E-state index < -0.39 is 0 Å². The highest BCUT2D eigenvalue weighted by Gasteiger charge is 2.10. The summed E-state index contributed by atoms with van der Waals surface area (Å²) in [6.45, 7) is 0. The fourth-order valence-corrected chi connectivity index (χ4v) is 1.74. The quantitative estimate of drug-likeness (QED) is 0.483. The minimum Gasteiger partial charge on any atom is -0.465 e. The highest BCUT2D eigenvalue weighted by atomic mass is 16.5. The van der Waals surface area contributed by atoms with Crippen LogP contribution in [-0.4, -0.2) is 18.1 Å². The van der Waals surface area contributed by atoms with Gasteiger partial charge in [0.1, 0.15) is 0 Å². The predicted molar refractivity (Wildman–Crippen MR) is 79.7 cm³/mol. The summed E-state index contributed by atoms with van der Waals surface area (Å²) in [7, 11) is 1.37. The van der Waals surface area contributed by atoms with E-state index in [1.807, 2.05) is 42.5 Å². The molecule has 0 fully saturated rings. The van der Waals surface area contributed by atoms with Gasteiger partial charge in [-0.25, -0.2) is 4.79 Å². The van der Waals surface area contributed by atoms with Crippen molar-refractivity contribution < 1.29 is 9.53 Å². The lowest BCUT2D eigenvalue weighted by atomic mass is 10.1. The maximum Gasteiger partial charge on any atom is 0.338 e. The van der Waals surface area contributed by atoms with Crippen molar-refractivity contribution in [3.05, 3.63) is 78.1 Å². The van der Waals surface area contributed by atoms with Gasteiger partial charge in [-0.15, -0.1) is 0 Å². The van der Waals surface area contributed by atoms with Crippen molar-refractivity contribution >= 4 is 17.6 Å². The number of esters is 1. The van der Waals surface area contributed by atoms with E-state index in [9.17, 15) is 4.79 Å². The normalized spacial score (nSPS) is 11.6. The molecule has 0 bridgehead atoms. The number of benzene rings is 1. The van der Waals surface area contributed by atoms with Crippen LogP contribution in [-0.2, 0) is 9.53 Å². The zero-order valence-corrected chi connectivity index (χ0v) is 11.2. The minimum atomic E-state index is -0.367. The molecule has 0 aliphatic carbocycles. The number of hydrogen-bond donors (Lipinski definition) is 0. The Hall–Kier alpha value is -2.68. The molecule has 0 spiro atoms. The summed E-state index contributed by atoms with van der Waals surface area (Å²) in [6, 6.07) is 13.4. The molecule has 0 radical (unpaired) electrons. The number of aromatic nitrogens is 1. The van der Waals surface area contributed by atoms with E-state index in [4.69, 9.17) is 4.74 Å². The van der Waals surface area contributed by atoms with Gasteiger partial charge in [0, 0.05) is 12.4 Å². The van der Waals surface area contributed by atoms with E-state index in [-0.39, 0.29) is 5.97 Å². The third-order valence-electron chi connectivity index (χ3n) is 2.75. The van der Waals surface area contributed by atoms with Gasteiger partial charge < -0.3 is 4.74 Å². The van der Waals surface area contributed by atoms with Gasteiger partial charge in [0.25, 0.3) is 0 Å². The van der Waals surface area contributed by atoms with Crippen LogP contribution in [0.5, 0.6) is 0 Å². The fourth-order valence-electron chi connectivity index (χ4n) is 1.74. The first kappa shape index (κ1) is 13.7. The van der Waals surface area contributed by atoms with Crippen LogP contribution in [0.4, 0.5) is 0 Å². The summed E-state index contributed by atoms with van der Waals surface area (Å²) in [5.41, 5.74) is 2.36. The summed E-state index contributed by atoms with van der Waals surface area (Å²) in [6.07, 6.45) is 8.81. The second-order valence-electron chi connectivity index (χ2n) is 4.08. The molecule has 0 amide bonds. The van der Waals surface area contributed by atoms with Crippen LogP contribution in [0.15, 0.2) is 67.0 Å². The van der Waals surface area contributed by atoms with Crippen LogP contribution >= 0.6 is 0 Å². The van der Waals surface area contributed by atoms with Crippen LogP contribution in [0.3, 0.4) is 0 Å². The van der Waals surface area contributed by atoms with E-state index in [2.05, 4.69) is 4.98 Å². The number of carbonyl (C=O) groups excluding carboxylic acids is 1.